The highest BCUT2D eigenvalue weighted by atomic mass is 32.1. The number of carbonyl (C=O) groups excluding carboxylic acids is 1. The van der Waals surface area contributed by atoms with Crippen LogP contribution in [0.2, 0.25) is 0 Å². The van der Waals surface area contributed by atoms with E-state index in [4.69, 9.17) is 14.8 Å². The molecule has 0 radical (unpaired) electrons. The molecular weight excluding hydrogens is 430 g/mol. The molecule has 2 aliphatic rings. The first-order valence-corrected chi connectivity index (χ1v) is 12.3. The molecule has 1 aromatic heterocycles. The Kier molecular flexibility index (Phi) is 6.09. The molecule has 0 bridgehead atoms. The number of hydrazone groups is 1. The number of aromatic nitrogens is 1. The zero-order chi connectivity index (χ0) is 22.8. The standard InChI is InChI=1S/C27H27N3O2S/c1-3-32-26(31)25-18(2)28-27(33-25)30-24(20-13-8-5-9-14-20)22-16-10-15-21(23(22)29-30)17-19-11-6-4-7-12-19/h4-9,11-14,17,22,24H,3,10,15-16H2,1-2H3/b21-17-/t22-,24+/m1/s1. The topological polar surface area (TPSA) is 54.8 Å². The van der Waals surface area contributed by atoms with Gasteiger partial charge in [0.2, 0.25) is 5.13 Å². The molecule has 33 heavy (non-hydrogen) atoms. The fourth-order valence-electron chi connectivity index (χ4n) is 4.76. The van der Waals surface area contributed by atoms with Crippen LogP contribution in [0.15, 0.2) is 71.3 Å². The number of esters is 1. The Balaban J connectivity index is 1.58. The van der Waals surface area contributed by atoms with Crippen LogP contribution in [0.4, 0.5) is 5.13 Å². The summed E-state index contributed by atoms with van der Waals surface area (Å²) in [5.41, 5.74) is 5.53. The summed E-state index contributed by atoms with van der Waals surface area (Å²) < 4.78 is 5.24. The van der Waals surface area contributed by atoms with Crippen LogP contribution in [0.25, 0.3) is 6.08 Å². The number of ether oxygens (including phenoxy) is 1. The quantitative estimate of drug-likeness (QED) is 0.414. The molecule has 6 heteroatoms. The first-order chi connectivity index (χ1) is 16.2. The predicted octanol–water partition coefficient (Wildman–Crippen LogP) is 6.43. The highest BCUT2D eigenvalue weighted by Crippen LogP contribution is 2.47. The van der Waals surface area contributed by atoms with Crippen LogP contribution < -0.4 is 5.01 Å². The average Bonchev–Trinajstić information content (AvgIpc) is 3.42. The summed E-state index contributed by atoms with van der Waals surface area (Å²) in [6.07, 6.45) is 5.50. The van der Waals surface area contributed by atoms with Crippen LogP contribution in [0.5, 0.6) is 0 Å². The van der Waals surface area contributed by atoms with Crippen LogP contribution in [0.1, 0.15) is 58.7 Å². The Morgan fingerprint density at radius 3 is 2.61 bits per heavy atom. The molecule has 2 aromatic carbocycles. The van der Waals surface area contributed by atoms with Crippen LogP contribution in [0, 0.1) is 12.8 Å². The molecule has 2 heterocycles. The van der Waals surface area contributed by atoms with E-state index < -0.39 is 0 Å². The van der Waals surface area contributed by atoms with E-state index in [0.29, 0.717) is 17.2 Å². The molecule has 0 saturated heterocycles. The number of benzene rings is 2. The second-order valence-electron chi connectivity index (χ2n) is 8.40. The Labute approximate surface area is 198 Å². The van der Waals surface area contributed by atoms with Gasteiger partial charge in [-0.25, -0.2) is 14.8 Å². The van der Waals surface area contributed by atoms with Crippen LogP contribution >= 0.6 is 11.3 Å². The number of rotatable bonds is 5. The minimum Gasteiger partial charge on any atom is -0.462 e. The molecule has 5 rings (SSSR count). The van der Waals surface area contributed by atoms with Gasteiger partial charge in [0.1, 0.15) is 4.88 Å². The van der Waals surface area contributed by atoms with Gasteiger partial charge in [0, 0.05) is 5.92 Å². The number of nitrogens with zero attached hydrogens (tertiary/aromatic N) is 3. The second-order valence-corrected chi connectivity index (χ2v) is 9.37. The van der Waals surface area contributed by atoms with E-state index in [-0.39, 0.29) is 17.9 Å². The lowest BCUT2D eigenvalue weighted by Crippen LogP contribution is -2.28. The number of hydrogen-bond donors (Lipinski definition) is 0. The van der Waals surface area contributed by atoms with Gasteiger partial charge in [-0.05, 0) is 55.9 Å². The first-order valence-electron chi connectivity index (χ1n) is 11.5. The lowest BCUT2D eigenvalue weighted by atomic mass is 9.77. The fraction of sp³-hybridized carbons (Fsp3) is 0.296. The lowest BCUT2D eigenvalue weighted by molar-refractivity contribution is 0.0531. The van der Waals surface area contributed by atoms with Crippen molar-refractivity contribution >= 4 is 34.2 Å². The smallest absolute Gasteiger partial charge is 0.350 e. The predicted molar refractivity (Wildman–Crippen MR) is 134 cm³/mol. The Morgan fingerprint density at radius 1 is 1.15 bits per heavy atom. The highest BCUT2D eigenvalue weighted by molar-refractivity contribution is 7.17. The number of allylic oxidation sites excluding steroid dienone is 1. The summed E-state index contributed by atoms with van der Waals surface area (Å²) in [6.45, 7) is 4.03. The van der Waals surface area contributed by atoms with Crippen LogP contribution in [-0.2, 0) is 4.74 Å². The zero-order valence-corrected chi connectivity index (χ0v) is 19.7. The summed E-state index contributed by atoms with van der Waals surface area (Å²) >= 11 is 1.37. The van der Waals surface area contributed by atoms with Gasteiger partial charge in [-0.3, -0.25) is 0 Å². The van der Waals surface area contributed by atoms with E-state index in [1.165, 1.54) is 28.0 Å². The van der Waals surface area contributed by atoms with Crippen molar-refractivity contribution in [3.63, 3.8) is 0 Å². The molecule has 0 unspecified atom stereocenters. The number of carbonyl (C=O) groups is 1. The summed E-state index contributed by atoms with van der Waals surface area (Å²) in [5, 5.41) is 7.94. The van der Waals surface area contributed by atoms with Crippen molar-refractivity contribution < 1.29 is 9.53 Å². The number of hydrogen-bond acceptors (Lipinski definition) is 6. The van der Waals surface area contributed by atoms with Gasteiger partial charge in [-0.1, -0.05) is 72.0 Å². The normalized spacial score (nSPS) is 21.1. The van der Waals surface area contributed by atoms with Crippen molar-refractivity contribution in [2.24, 2.45) is 11.0 Å². The molecule has 1 fully saturated rings. The maximum atomic E-state index is 12.4. The van der Waals surface area contributed by atoms with Crippen molar-refractivity contribution in [1.82, 2.24) is 4.98 Å². The molecule has 0 N–H and O–H groups in total. The minimum atomic E-state index is -0.316. The average molecular weight is 458 g/mol. The molecular formula is C27H27N3O2S. The Morgan fingerprint density at radius 2 is 1.88 bits per heavy atom. The van der Waals surface area contributed by atoms with Gasteiger partial charge in [-0.15, -0.1) is 0 Å². The Bertz CT molecular complexity index is 1200. The molecule has 3 aromatic rings. The largest absolute Gasteiger partial charge is 0.462 e. The molecule has 168 valence electrons. The third-order valence-electron chi connectivity index (χ3n) is 6.23. The maximum Gasteiger partial charge on any atom is 0.350 e. The van der Waals surface area contributed by atoms with E-state index in [0.717, 1.165) is 30.1 Å². The SMILES string of the molecule is CCOC(=O)c1sc(N2N=C3/C(=C\c4ccccc4)CCC[C@H]3[C@@H]2c2ccccc2)nc1C. The van der Waals surface area contributed by atoms with Crippen molar-refractivity contribution in [1.29, 1.82) is 0 Å². The molecule has 5 nitrogen and oxygen atoms in total. The number of thiazole rings is 1. The van der Waals surface area contributed by atoms with E-state index in [2.05, 4.69) is 54.6 Å². The van der Waals surface area contributed by atoms with Gasteiger partial charge >= 0.3 is 5.97 Å². The monoisotopic (exact) mass is 457 g/mol. The van der Waals surface area contributed by atoms with E-state index in [1.807, 2.05) is 31.0 Å². The summed E-state index contributed by atoms with van der Waals surface area (Å²) in [7, 11) is 0. The fourth-order valence-corrected chi connectivity index (χ4v) is 5.71. The highest BCUT2D eigenvalue weighted by Gasteiger charge is 2.43. The van der Waals surface area contributed by atoms with Gasteiger partial charge in [-0.2, -0.15) is 5.10 Å². The van der Waals surface area contributed by atoms with Crippen molar-refractivity contribution in [2.75, 3.05) is 11.6 Å². The van der Waals surface area contributed by atoms with E-state index in [9.17, 15) is 4.79 Å². The summed E-state index contributed by atoms with van der Waals surface area (Å²) in [5.74, 6) is -0.0321. The number of fused-ring (bicyclic) bond motifs is 1. The molecule has 0 amide bonds. The van der Waals surface area contributed by atoms with E-state index >= 15 is 0 Å². The lowest BCUT2D eigenvalue weighted by Gasteiger charge is -2.29. The van der Waals surface area contributed by atoms with Crippen molar-refractivity contribution in [2.45, 2.75) is 39.2 Å². The maximum absolute atomic E-state index is 12.4. The molecule has 2 atom stereocenters. The third kappa shape index (κ3) is 4.23. The third-order valence-corrected chi connectivity index (χ3v) is 7.35. The van der Waals surface area contributed by atoms with Gasteiger partial charge in [0.05, 0.1) is 24.1 Å². The van der Waals surface area contributed by atoms with E-state index in [1.54, 1.807) is 0 Å². The van der Waals surface area contributed by atoms with Crippen LogP contribution in [-0.4, -0.2) is 23.3 Å². The van der Waals surface area contributed by atoms with Crippen LogP contribution in [0.3, 0.4) is 0 Å². The molecule has 1 saturated carbocycles. The van der Waals surface area contributed by atoms with Gasteiger partial charge in [0.15, 0.2) is 0 Å². The number of aryl methyl sites for hydroxylation is 1. The van der Waals surface area contributed by atoms with Gasteiger partial charge < -0.3 is 4.74 Å². The van der Waals surface area contributed by atoms with Gasteiger partial charge in [0.25, 0.3) is 0 Å². The summed E-state index contributed by atoms with van der Waals surface area (Å²) in [4.78, 5) is 17.7. The van der Waals surface area contributed by atoms with Crippen molar-refractivity contribution in [3.8, 4) is 0 Å². The number of anilines is 1. The zero-order valence-electron chi connectivity index (χ0n) is 18.9. The minimum absolute atomic E-state index is 0.0567. The molecule has 0 spiro atoms. The Hall–Kier alpha value is -3.25. The second kappa shape index (κ2) is 9.32. The van der Waals surface area contributed by atoms with Crippen molar-refractivity contribution in [3.05, 3.63) is 87.9 Å². The molecule has 1 aliphatic heterocycles. The first kappa shape index (κ1) is 21.6. The summed E-state index contributed by atoms with van der Waals surface area (Å²) in [6, 6.07) is 21.0. The molecule has 1 aliphatic carbocycles.